The minimum Gasteiger partial charge on any atom is -0.370 e. The van der Waals surface area contributed by atoms with Crippen molar-refractivity contribution in [2.45, 2.75) is 12.7 Å². The summed E-state index contributed by atoms with van der Waals surface area (Å²) < 4.78 is 55.3. The van der Waals surface area contributed by atoms with Crippen molar-refractivity contribution in [2.24, 2.45) is 5.73 Å². The quantitative estimate of drug-likeness (QED) is 0.591. The maximum atomic E-state index is 13.0. The first-order valence-electron chi connectivity index (χ1n) is 5.73. The lowest BCUT2D eigenvalue weighted by Crippen LogP contribution is -2.24. The van der Waals surface area contributed by atoms with Crippen LogP contribution in [0.25, 0.3) is 0 Å². The number of alkyl halides is 3. The summed E-state index contributed by atoms with van der Waals surface area (Å²) in [6.07, 6.45) is -4.72. The van der Waals surface area contributed by atoms with Crippen molar-refractivity contribution in [1.82, 2.24) is 5.32 Å². The van der Waals surface area contributed by atoms with Gasteiger partial charge >= 0.3 is 6.18 Å². The molecule has 0 aromatic heterocycles. The monoisotopic (exact) mass is 294 g/mol. The van der Waals surface area contributed by atoms with Crippen molar-refractivity contribution in [1.29, 1.82) is 0 Å². The van der Waals surface area contributed by atoms with Gasteiger partial charge in [-0.15, -0.1) is 0 Å². The van der Waals surface area contributed by atoms with Crippen molar-refractivity contribution in [3.8, 4) is 0 Å². The molecule has 0 aliphatic carbocycles. The lowest BCUT2D eigenvalue weighted by atomic mass is 10.1. The van der Waals surface area contributed by atoms with Gasteiger partial charge in [-0.25, -0.2) is 4.39 Å². The Morgan fingerprint density at radius 2 is 2.05 bits per heavy atom. The fraction of sp³-hybridized carbons (Fsp3) is 0.417. The Morgan fingerprint density at radius 1 is 1.35 bits per heavy atom. The smallest absolute Gasteiger partial charge is 0.370 e. The van der Waals surface area contributed by atoms with Crippen LogP contribution in [0.15, 0.2) is 18.2 Å². The van der Waals surface area contributed by atoms with Gasteiger partial charge in [0.2, 0.25) is 5.91 Å². The highest BCUT2D eigenvalue weighted by atomic mass is 19.4. The van der Waals surface area contributed by atoms with E-state index >= 15 is 0 Å². The highest BCUT2D eigenvalue weighted by Crippen LogP contribution is 2.31. The number of hydrogen-bond donors (Lipinski definition) is 2. The molecule has 0 atom stereocenters. The van der Waals surface area contributed by atoms with Crippen molar-refractivity contribution in [3.63, 3.8) is 0 Å². The molecule has 8 heteroatoms. The maximum Gasteiger partial charge on any atom is 0.419 e. The summed E-state index contributed by atoms with van der Waals surface area (Å²) in [6.45, 7) is 0.433. The normalized spacial score (nSPS) is 11.6. The van der Waals surface area contributed by atoms with E-state index in [2.05, 4.69) is 5.32 Å². The van der Waals surface area contributed by atoms with E-state index in [1.54, 1.807) is 0 Å². The Balaban J connectivity index is 2.43. The first-order valence-corrected chi connectivity index (χ1v) is 5.73. The highest BCUT2D eigenvalue weighted by Gasteiger charge is 2.34. The number of halogens is 4. The number of nitrogens with two attached hydrogens (primary N) is 1. The zero-order valence-electron chi connectivity index (χ0n) is 10.5. The third-order valence-corrected chi connectivity index (χ3v) is 2.33. The molecule has 0 aliphatic heterocycles. The van der Waals surface area contributed by atoms with Gasteiger partial charge in [-0.3, -0.25) is 4.79 Å². The van der Waals surface area contributed by atoms with Crippen LogP contribution in [0.2, 0.25) is 0 Å². The van der Waals surface area contributed by atoms with E-state index in [1.807, 2.05) is 0 Å². The molecule has 0 radical (unpaired) electrons. The van der Waals surface area contributed by atoms with Crippen LogP contribution < -0.4 is 11.1 Å². The van der Waals surface area contributed by atoms with Gasteiger partial charge in [0, 0.05) is 13.1 Å². The van der Waals surface area contributed by atoms with Gasteiger partial charge in [0.05, 0.1) is 12.2 Å². The van der Waals surface area contributed by atoms with Crippen molar-refractivity contribution in [2.75, 3.05) is 19.8 Å². The number of hydrogen-bond acceptors (Lipinski definition) is 3. The van der Waals surface area contributed by atoms with Gasteiger partial charge < -0.3 is 15.8 Å². The largest absolute Gasteiger partial charge is 0.419 e. The number of primary amides is 1. The molecule has 0 saturated heterocycles. The standard InChI is InChI=1S/C12H14F4N2O2/c13-10-2-1-8(5-9(10)12(14,15)16)6-18-3-4-20-7-11(17)19/h1-2,5,18H,3-4,6-7H2,(H2,17,19). The zero-order chi connectivity index (χ0) is 15.2. The van der Waals surface area contributed by atoms with Crippen LogP contribution in [0.3, 0.4) is 0 Å². The first-order chi connectivity index (χ1) is 9.30. The minimum atomic E-state index is -4.72. The van der Waals surface area contributed by atoms with E-state index in [9.17, 15) is 22.4 Å². The Kier molecular flexibility index (Phi) is 5.90. The van der Waals surface area contributed by atoms with E-state index in [4.69, 9.17) is 10.5 Å². The van der Waals surface area contributed by atoms with Crippen molar-refractivity contribution in [3.05, 3.63) is 35.1 Å². The van der Waals surface area contributed by atoms with Gasteiger partial charge in [0.15, 0.2) is 0 Å². The number of amides is 1. The lowest BCUT2D eigenvalue weighted by molar-refractivity contribution is -0.140. The second-order valence-electron chi connectivity index (χ2n) is 4.01. The number of carbonyl (C=O) groups is 1. The molecule has 3 N–H and O–H groups in total. The highest BCUT2D eigenvalue weighted by molar-refractivity contribution is 5.74. The van der Waals surface area contributed by atoms with Crippen LogP contribution in [0, 0.1) is 5.82 Å². The Bertz CT molecular complexity index is 463. The molecule has 0 saturated carbocycles. The van der Waals surface area contributed by atoms with Crippen LogP contribution >= 0.6 is 0 Å². The summed E-state index contributed by atoms with van der Waals surface area (Å²) in [5, 5.41) is 2.81. The van der Waals surface area contributed by atoms with Gasteiger partial charge in [-0.05, 0) is 17.7 Å². The topological polar surface area (TPSA) is 64.4 Å². The molecule has 1 aromatic carbocycles. The maximum absolute atomic E-state index is 13.0. The van der Waals surface area contributed by atoms with Crippen molar-refractivity contribution >= 4 is 5.91 Å². The van der Waals surface area contributed by atoms with Crippen LogP contribution in [0.4, 0.5) is 17.6 Å². The second-order valence-corrected chi connectivity index (χ2v) is 4.01. The average Bonchev–Trinajstić information content (AvgIpc) is 2.33. The summed E-state index contributed by atoms with van der Waals surface area (Å²) in [7, 11) is 0. The van der Waals surface area contributed by atoms with E-state index in [0.29, 0.717) is 12.1 Å². The molecular weight excluding hydrogens is 280 g/mol. The molecule has 0 heterocycles. The summed E-state index contributed by atoms with van der Waals surface area (Å²) in [4.78, 5) is 10.4. The number of nitrogens with one attached hydrogen (secondary N) is 1. The molecule has 0 spiro atoms. The van der Waals surface area contributed by atoms with E-state index in [-0.39, 0.29) is 19.8 Å². The molecule has 1 aromatic rings. The van der Waals surface area contributed by atoms with Crippen LogP contribution in [0.5, 0.6) is 0 Å². The predicted molar refractivity (Wildman–Crippen MR) is 63.1 cm³/mol. The first kappa shape index (κ1) is 16.4. The molecule has 0 unspecified atom stereocenters. The Labute approximate surface area is 112 Å². The molecule has 1 amide bonds. The predicted octanol–water partition coefficient (Wildman–Crippen LogP) is 1.44. The van der Waals surface area contributed by atoms with Crippen molar-refractivity contribution < 1.29 is 27.1 Å². The molecule has 1 rings (SSSR count). The van der Waals surface area contributed by atoms with Gasteiger partial charge in [-0.2, -0.15) is 13.2 Å². The fourth-order valence-corrected chi connectivity index (χ4v) is 1.45. The Hall–Kier alpha value is -1.67. The molecule has 0 bridgehead atoms. The molecular formula is C12H14F4N2O2. The summed E-state index contributed by atoms with van der Waals surface area (Å²) in [6, 6.07) is 2.80. The molecule has 4 nitrogen and oxygen atoms in total. The third kappa shape index (κ3) is 5.54. The van der Waals surface area contributed by atoms with Crippen LogP contribution in [-0.4, -0.2) is 25.7 Å². The van der Waals surface area contributed by atoms with Crippen LogP contribution in [0.1, 0.15) is 11.1 Å². The SMILES string of the molecule is NC(=O)COCCNCc1ccc(F)c(C(F)(F)F)c1. The van der Waals surface area contributed by atoms with E-state index < -0.39 is 23.5 Å². The van der Waals surface area contributed by atoms with E-state index in [1.165, 1.54) is 6.07 Å². The minimum absolute atomic E-state index is 0.128. The van der Waals surface area contributed by atoms with Gasteiger partial charge in [0.1, 0.15) is 12.4 Å². The lowest BCUT2D eigenvalue weighted by Gasteiger charge is -2.10. The number of ether oxygens (including phenoxy) is 1. The average molecular weight is 294 g/mol. The van der Waals surface area contributed by atoms with E-state index in [0.717, 1.165) is 12.1 Å². The summed E-state index contributed by atoms with van der Waals surface area (Å²) >= 11 is 0. The second kappa shape index (κ2) is 7.20. The summed E-state index contributed by atoms with van der Waals surface area (Å²) in [5.74, 6) is -1.90. The molecule has 0 fully saturated rings. The number of rotatable bonds is 7. The fourth-order valence-electron chi connectivity index (χ4n) is 1.45. The molecule has 20 heavy (non-hydrogen) atoms. The zero-order valence-corrected chi connectivity index (χ0v) is 10.5. The van der Waals surface area contributed by atoms with Gasteiger partial charge in [-0.1, -0.05) is 6.07 Å². The molecule has 112 valence electrons. The third-order valence-electron chi connectivity index (χ3n) is 2.33. The Morgan fingerprint density at radius 3 is 2.65 bits per heavy atom. The van der Waals surface area contributed by atoms with Crippen LogP contribution in [-0.2, 0) is 22.3 Å². The number of benzene rings is 1. The number of carbonyl (C=O) groups excluding carboxylic acids is 1. The summed E-state index contributed by atoms with van der Waals surface area (Å²) in [5.41, 5.74) is 3.85. The molecule has 0 aliphatic rings. The van der Waals surface area contributed by atoms with Gasteiger partial charge in [0.25, 0.3) is 0 Å².